The molecule has 3 aromatic carbocycles. The van der Waals surface area contributed by atoms with Gasteiger partial charge in [0.25, 0.3) is 5.91 Å². The molecule has 0 saturated heterocycles. The Morgan fingerprint density at radius 2 is 1.42 bits per heavy atom. The lowest BCUT2D eigenvalue weighted by Gasteiger charge is -2.23. The first-order chi connectivity index (χ1) is 16.2. The number of aryl methyl sites for hydroxylation is 1. The minimum absolute atomic E-state index is 0.206. The van der Waals surface area contributed by atoms with Crippen molar-refractivity contribution in [1.29, 1.82) is 0 Å². The number of nitrogens with zero attached hydrogens (tertiary/aromatic N) is 2. The van der Waals surface area contributed by atoms with E-state index in [0.29, 0.717) is 19.5 Å². The SMILES string of the molecule is O=C(CCCc1nc2ccccc2s1)OCC(=O)N(Cc1ccccc1)Cc1ccccc1. The number of hydrogen-bond donors (Lipinski definition) is 0. The summed E-state index contributed by atoms with van der Waals surface area (Å²) in [6, 6.07) is 27.6. The number of thiazole rings is 1. The van der Waals surface area contributed by atoms with E-state index < -0.39 is 0 Å². The third-order valence-electron chi connectivity index (χ3n) is 5.25. The van der Waals surface area contributed by atoms with Crippen LogP contribution in [0.1, 0.15) is 29.0 Å². The van der Waals surface area contributed by atoms with E-state index in [1.165, 1.54) is 0 Å². The number of carbonyl (C=O) groups is 2. The second-order valence-corrected chi connectivity index (χ2v) is 8.93. The highest BCUT2D eigenvalue weighted by molar-refractivity contribution is 7.18. The highest BCUT2D eigenvalue weighted by atomic mass is 32.1. The zero-order valence-electron chi connectivity index (χ0n) is 18.4. The van der Waals surface area contributed by atoms with Gasteiger partial charge in [-0.3, -0.25) is 9.59 Å². The monoisotopic (exact) mass is 458 g/mol. The smallest absolute Gasteiger partial charge is 0.306 e. The van der Waals surface area contributed by atoms with Gasteiger partial charge >= 0.3 is 5.97 Å². The number of aromatic nitrogens is 1. The fraction of sp³-hybridized carbons (Fsp3) is 0.222. The van der Waals surface area contributed by atoms with E-state index >= 15 is 0 Å². The van der Waals surface area contributed by atoms with Gasteiger partial charge in [0, 0.05) is 19.5 Å². The lowest BCUT2D eigenvalue weighted by Crippen LogP contribution is -2.33. The first-order valence-electron chi connectivity index (χ1n) is 11.0. The van der Waals surface area contributed by atoms with Crippen LogP contribution in [0.2, 0.25) is 0 Å². The fourth-order valence-electron chi connectivity index (χ4n) is 3.56. The molecule has 33 heavy (non-hydrogen) atoms. The average molecular weight is 459 g/mol. The van der Waals surface area contributed by atoms with Crippen molar-refractivity contribution >= 4 is 33.4 Å². The number of carbonyl (C=O) groups excluding carboxylic acids is 2. The summed E-state index contributed by atoms with van der Waals surface area (Å²) < 4.78 is 6.46. The number of amides is 1. The molecule has 0 bridgehead atoms. The number of hydrogen-bond acceptors (Lipinski definition) is 5. The largest absolute Gasteiger partial charge is 0.456 e. The van der Waals surface area contributed by atoms with E-state index in [2.05, 4.69) is 4.98 Å². The molecule has 6 heteroatoms. The first kappa shape index (κ1) is 22.7. The number of para-hydroxylation sites is 1. The van der Waals surface area contributed by atoms with Crippen molar-refractivity contribution in [3.05, 3.63) is 101 Å². The predicted octanol–water partition coefficient (Wildman–Crippen LogP) is 5.39. The number of ether oxygens (including phenoxy) is 1. The summed E-state index contributed by atoms with van der Waals surface area (Å²) in [6.07, 6.45) is 1.63. The van der Waals surface area contributed by atoms with Gasteiger partial charge in [0.1, 0.15) is 0 Å². The minimum atomic E-state index is -0.358. The van der Waals surface area contributed by atoms with Gasteiger partial charge in [0.15, 0.2) is 6.61 Å². The summed E-state index contributed by atoms with van der Waals surface area (Å²) in [4.78, 5) is 31.4. The van der Waals surface area contributed by atoms with Crippen molar-refractivity contribution in [2.45, 2.75) is 32.4 Å². The van der Waals surface area contributed by atoms with Gasteiger partial charge in [-0.2, -0.15) is 0 Å². The van der Waals surface area contributed by atoms with Gasteiger partial charge in [-0.05, 0) is 36.1 Å². The molecule has 4 aromatic rings. The summed E-state index contributed by atoms with van der Waals surface area (Å²) in [5.74, 6) is -0.564. The van der Waals surface area contributed by atoms with E-state index in [1.54, 1.807) is 16.2 Å². The Balaban J connectivity index is 1.27. The molecule has 168 valence electrons. The molecule has 0 N–H and O–H groups in total. The van der Waals surface area contributed by atoms with Crippen LogP contribution in [0.4, 0.5) is 0 Å². The Labute approximate surface area is 197 Å². The van der Waals surface area contributed by atoms with Crippen LogP contribution in [-0.2, 0) is 33.8 Å². The molecule has 0 spiro atoms. The van der Waals surface area contributed by atoms with Crippen LogP contribution in [0.5, 0.6) is 0 Å². The number of rotatable bonds is 10. The molecule has 4 rings (SSSR count). The minimum Gasteiger partial charge on any atom is -0.456 e. The van der Waals surface area contributed by atoms with Crippen LogP contribution >= 0.6 is 11.3 Å². The van der Waals surface area contributed by atoms with E-state index in [9.17, 15) is 9.59 Å². The van der Waals surface area contributed by atoms with Crippen LogP contribution < -0.4 is 0 Å². The van der Waals surface area contributed by atoms with Crippen molar-refractivity contribution in [2.24, 2.45) is 0 Å². The van der Waals surface area contributed by atoms with Gasteiger partial charge < -0.3 is 9.64 Å². The van der Waals surface area contributed by atoms with E-state index in [1.807, 2.05) is 84.9 Å². The molecular formula is C27H26N2O3S. The first-order valence-corrected chi connectivity index (χ1v) is 11.8. The molecule has 0 unspecified atom stereocenters. The van der Waals surface area contributed by atoms with Crippen molar-refractivity contribution in [1.82, 2.24) is 9.88 Å². The summed E-state index contributed by atoms with van der Waals surface area (Å²) in [7, 11) is 0. The lowest BCUT2D eigenvalue weighted by atomic mass is 10.1. The van der Waals surface area contributed by atoms with Gasteiger partial charge in [-0.1, -0.05) is 72.8 Å². The van der Waals surface area contributed by atoms with E-state index in [0.717, 1.165) is 32.8 Å². The highest BCUT2D eigenvalue weighted by Crippen LogP contribution is 2.22. The summed E-state index contributed by atoms with van der Waals surface area (Å²) in [5, 5.41) is 1.01. The maximum absolute atomic E-state index is 12.9. The van der Waals surface area contributed by atoms with Crippen molar-refractivity contribution in [3.63, 3.8) is 0 Å². The maximum Gasteiger partial charge on any atom is 0.306 e. The van der Waals surface area contributed by atoms with Crippen LogP contribution in [0.25, 0.3) is 10.2 Å². The summed E-state index contributed by atoms with van der Waals surface area (Å²) >= 11 is 1.65. The van der Waals surface area contributed by atoms with E-state index in [-0.39, 0.29) is 24.9 Å². The molecule has 0 radical (unpaired) electrons. The summed E-state index contributed by atoms with van der Waals surface area (Å²) in [5.41, 5.74) is 3.05. The van der Waals surface area contributed by atoms with Gasteiger partial charge in [0.2, 0.25) is 0 Å². The van der Waals surface area contributed by atoms with Crippen LogP contribution in [0.3, 0.4) is 0 Å². The number of esters is 1. The molecular weight excluding hydrogens is 432 g/mol. The Hall–Kier alpha value is -3.51. The van der Waals surface area contributed by atoms with Crippen molar-refractivity contribution in [3.8, 4) is 0 Å². The normalized spacial score (nSPS) is 10.8. The average Bonchev–Trinajstić information content (AvgIpc) is 3.26. The molecule has 0 atom stereocenters. The zero-order valence-corrected chi connectivity index (χ0v) is 19.2. The fourth-order valence-corrected chi connectivity index (χ4v) is 4.57. The number of fused-ring (bicyclic) bond motifs is 1. The van der Waals surface area contributed by atoms with Gasteiger partial charge in [-0.15, -0.1) is 11.3 Å². The van der Waals surface area contributed by atoms with Crippen LogP contribution in [0, 0.1) is 0 Å². The van der Waals surface area contributed by atoms with Crippen molar-refractivity contribution in [2.75, 3.05) is 6.61 Å². The maximum atomic E-state index is 12.9. The molecule has 5 nitrogen and oxygen atoms in total. The molecule has 0 aliphatic rings. The second-order valence-electron chi connectivity index (χ2n) is 7.81. The summed E-state index contributed by atoms with van der Waals surface area (Å²) in [6.45, 7) is 0.674. The molecule has 0 saturated carbocycles. The third-order valence-corrected chi connectivity index (χ3v) is 6.35. The van der Waals surface area contributed by atoms with Crippen LogP contribution in [-0.4, -0.2) is 28.4 Å². The third kappa shape index (κ3) is 6.73. The Morgan fingerprint density at radius 3 is 2.06 bits per heavy atom. The van der Waals surface area contributed by atoms with Gasteiger partial charge in [0.05, 0.1) is 15.2 Å². The molecule has 1 heterocycles. The second kappa shape index (κ2) is 11.4. The standard InChI is InChI=1S/C27H26N2O3S/c30-26(29(18-21-10-3-1-4-11-21)19-22-12-5-2-6-13-22)20-32-27(31)17-9-16-25-28-23-14-7-8-15-24(23)33-25/h1-8,10-15H,9,16-20H2. The van der Waals surface area contributed by atoms with Crippen molar-refractivity contribution < 1.29 is 14.3 Å². The van der Waals surface area contributed by atoms with Crippen LogP contribution in [0.15, 0.2) is 84.9 Å². The quantitative estimate of drug-likeness (QED) is 0.299. The topological polar surface area (TPSA) is 59.5 Å². The number of benzene rings is 3. The van der Waals surface area contributed by atoms with E-state index in [4.69, 9.17) is 4.74 Å². The Morgan fingerprint density at radius 1 is 0.818 bits per heavy atom. The zero-order chi connectivity index (χ0) is 22.9. The lowest BCUT2D eigenvalue weighted by molar-refractivity contribution is -0.152. The highest BCUT2D eigenvalue weighted by Gasteiger charge is 2.17. The molecule has 1 aromatic heterocycles. The molecule has 1 amide bonds. The molecule has 0 fully saturated rings. The Kier molecular flexibility index (Phi) is 7.82. The molecule has 0 aliphatic heterocycles. The van der Waals surface area contributed by atoms with Gasteiger partial charge in [-0.25, -0.2) is 4.98 Å². The predicted molar refractivity (Wildman–Crippen MR) is 131 cm³/mol. The Bertz CT molecular complexity index is 1120. The molecule has 0 aliphatic carbocycles.